The second kappa shape index (κ2) is 8.53. The molecule has 0 aliphatic heterocycles. The van der Waals surface area contributed by atoms with Gasteiger partial charge in [0.2, 0.25) is 0 Å². The summed E-state index contributed by atoms with van der Waals surface area (Å²) in [7, 11) is 0. The maximum atomic E-state index is 6.22. The van der Waals surface area contributed by atoms with Gasteiger partial charge < -0.3 is 11.1 Å². The number of benzene rings is 1. The highest BCUT2D eigenvalue weighted by atomic mass is 32.1. The van der Waals surface area contributed by atoms with E-state index in [4.69, 9.17) is 10.7 Å². The molecule has 0 saturated heterocycles. The van der Waals surface area contributed by atoms with Crippen molar-refractivity contribution in [2.24, 2.45) is 0 Å². The van der Waals surface area contributed by atoms with Gasteiger partial charge in [0.05, 0.1) is 15.2 Å². The van der Waals surface area contributed by atoms with Crippen LogP contribution in [0.1, 0.15) is 62.4 Å². The Labute approximate surface area is 165 Å². The molecule has 2 heterocycles. The third kappa shape index (κ3) is 4.41. The average Bonchev–Trinajstić information content (AvgIpc) is 3.39. The molecular weight excluding hydrogens is 352 g/mol. The zero-order chi connectivity index (χ0) is 18.6. The summed E-state index contributed by atoms with van der Waals surface area (Å²) in [4.78, 5) is 9.46. The SMILES string of the molecule is CCCCc1nc2c(N)nc3cccc(CCCCCNC4CC4)c3c2s1. The Bertz CT molecular complexity index is 913. The summed E-state index contributed by atoms with van der Waals surface area (Å²) in [6.45, 7) is 3.38. The number of nitrogens with zero attached hydrogens (tertiary/aromatic N) is 2. The van der Waals surface area contributed by atoms with Crippen molar-refractivity contribution in [2.45, 2.75) is 70.8 Å². The smallest absolute Gasteiger partial charge is 0.151 e. The number of anilines is 1. The number of hydrogen-bond acceptors (Lipinski definition) is 5. The molecule has 2 aromatic heterocycles. The number of hydrogen-bond donors (Lipinski definition) is 2. The van der Waals surface area contributed by atoms with Crippen molar-refractivity contribution in [3.8, 4) is 0 Å². The fourth-order valence-electron chi connectivity index (χ4n) is 3.69. The predicted molar refractivity (Wildman–Crippen MR) is 117 cm³/mol. The second-order valence-electron chi connectivity index (χ2n) is 7.74. The van der Waals surface area contributed by atoms with Gasteiger partial charge in [-0.05, 0) is 63.1 Å². The lowest BCUT2D eigenvalue weighted by atomic mass is 10.0. The maximum absolute atomic E-state index is 6.22. The van der Waals surface area contributed by atoms with Gasteiger partial charge in [0.15, 0.2) is 5.82 Å². The molecule has 0 amide bonds. The molecule has 27 heavy (non-hydrogen) atoms. The van der Waals surface area contributed by atoms with Crippen molar-refractivity contribution < 1.29 is 0 Å². The number of unbranched alkanes of at least 4 members (excludes halogenated alkanes) is 3. The van der Waals surface area contributed by atoms with E-state index < -0.39 is 0 Å². The number of aryl methyl sites for hydroxylation is 2. The standard InChI is InChI=1S/C22H30N4S/c1-2-3-11-18-26-20-21(27-18)19-15(9-7-10-17(19)25-22(20)23)8-5-4-6-14-24-16-12-13-16/h7,9-10,16,24H,2-6,8,11-14H2,1H3,(H2,23,25). The van der Waals surface area contributed by atoms with Crippen LogP contribution in [0.5, 0.6) is 0 Å². The van der Waals surface area contributed by atoms with Crippen molar-refractivity contribution in [3.63, 3.8) is 0 Å². The zero-order valence-corrected chi connectivity index (χ0v) is 17.1. The third-order valence-electron chi connectivity index (χ3n) is 5.39. The van der Waals surface area contributed by atoms with Gasteiger partial charge in [-0.15, -0.1) is 11.3 Å². The number of aromatic nitrogens is 2. The molecule has 0 unspecified atom stereocenters. The van der Waals surface area contributed by atoms with Gasteiger partial charge in [0, 0.05) is 11.4 Å². The fraction of sp³-hybridized carbons (Fsp3) is 0.545. The van der Waals surface area contributed by atoms with E-state index in [1.165, 1.54) is 65.6 Å². The number of nitrogens with two attached hydrogens (primary N) is 1. The molecule has 1 saturated carbocycles. The number of fused-ring (bicyclic) bond motifs is 3. The van der Waals surface area contributed by atoms with Gasteiger partial charge in [-0.3, -0.25) is 0 Å². The van der Waals surface area contributed by atoms with Crippen LogP contribution in [0.4, 0.5) is 5.82 Å². The highest BCUT2D eigenvalue weighted by molar-refractivity contribution is 7.19. The van der Waals surface area contributed by atoms with Gasteiger partial charge in [-0.1, -0.05) is 31.9 Å². The van der Waals surface area contributed by atoms with Crippen LogP contribution in [0.3, 0.4) is 0 Å². The van der Waals surface area contributed by atoms with E-state index in [9.17, 15) is 0 Å². The number of thiazole rings is 1. The molecule has 1 aromatic carbocycles. The van der Waals surface area contributed by atoms with Crippen molar-refractivity contribution in [3.05, 3.63) is 28.8 Å². The first-order valence-electron chi connectivity index (χ1n) is 10.5. The molecule has 0 radical (unpaired) electrons. The molecule has 0 bridgehead atoms. The monoisotopic (exact) mass is 382 g/mol. The topological polar surface area (TPSA) is 63.8 Å². The minimum atomic E-state index is 0.569. The van der Waals surface area contributed by atoms with E-state index in [-0.39, 0.29) is 0 Å². The number of nitrogens with one attached hydrogen (secondary N) is 1. The molecule has 1 aliphatic carbocycles. The third-order valence-corrected chi connectivity index (χ3v) is 6.52. The van der Waals surface area contributed by atoms with E-state index in [0.29, 0.717) is 5.82 Å². The molecule has 3 aromatic rings. The van der Waals surface area contributed by atoms with E-state index in [1.54, 1.807) is 0 Å². The first-order chi connectivity index (χ1) is 13.3. The van der Waals surface area contributed by atoms with Gasteiger partial charge in [-0.25, -0.2) is 9.97 Å². The summed E-state index contributed by atoms with van der Waals surface area (Å²) >= 11 is 1.81. The molecule has 1 fully saturated rings. The normalized spacial score (nSPS) is 14.4. The molecule has 4 rings (SSSR count). The predicted octanol–water partition coefficient (Wildman–Crippen LogP) is 5.23. The molecule has 144 valence electrons. The Hall–Kier alpha value is -1.72. The Morgan fingerprint density at radius 3 is 2.81 bits per heavy atom. The van der Waals surface area contributed by atoms with Gasteiger partial charge in [0.25, 0.3) is 0 Å². The van der Waals surface area contributed by atoms with Gasteiger partial charge in [0.1, 0.15) is 5.52 Å². The van der Waals surface area contributed by atoms with Crippen LogP contribution < -0.4 is 11.1 Å². The van der Waals surface area contributed by atoms with Gasteiger partial charge in [-0.2, -0.15) is 0 Å². The summed E-state index contributed by atoms with van der Waals surface area (Å²) in [5.41, 5.74) is 9.53. The van der Waals surface area contributed by atoms with Crippen molar-refractivity contribution >= 4 is 38.3 Å². The Kier molecular flexibility index (Phi) is 5.89. The van der Waals surface area contributed by atoms with Crippen molar-refractivity contribution in [1.29, 1.82) is 0 Å². The quantitative estimate of drug-likeness (QED) is 0.471. The summed E-state index contributed by atoms with van der Waals surface area (Å²) in [6, 6.07) is 7.28. The lowest BCUT2D eigenvalue weighted by molar-refractivity contribution is 0.601. The minimum Gasteiger partial charge on any atom is -0.382 e. The summed E-state index contributed by atoms with van der Waals surface area (Å²) < 4.78 is 1.23. The molecule has 0 atom stereocenters. The Balaban J connectivity index is 1.53. The maximum Gasteiger partial charge on any atom is 0.151 e. The van der Waals surface area contributed by atoms with Crippen LogP contribution in [0.15, 0.2) is 18.2 Å². The summed E-state index contributed by atoms with van der Waals surface area (Å²) in [6.07, 6.45) is 11.0. The molecule has 1 aliphatic rings. The molecule has 4 nitrogen and oxygen atoms in total. The average molecular weight is 383 g/mol. The van der Waals surface area contributed by atoms with Crippen LogP contribution >= 0.6 is 11.3 Å². The highest BCUT2D eigenvalue weighted by Crippen LogP contribution is 2.35. The molecule has 0 spiro atoms. The summed E-state index contributed by atoms with van der Waals surface area (Å²) in [5.74, 6) is 0.569. The van der Waals surface area contributed by atoms with E-state index in [2.05, 4.69) is 35.4 Å². The van der Waals surface area contributed by atoms with Crippen molar-refractivity contribution in [1.82, 2.24) is 15.3 Å². The fourth-order valence-corrected chi connectivity index (χ4v) is 4.89. The molecule has 3 N–H and O–H groups in total. The van der Waals surface area contributed by atoms with E-state index >= 15 is 0 Å². The largest absolute Gasteiger partial charge is 0.382 e. The minimum absolute atomic E-state index is 0.569. The van der Waals surface area contributed by atoms with Crippen LogP contribution in [0, 0.1) is 0 Å². The summed E-state index contributed by atoms with van der Waals surface area (Å²) in [5, 5.41) is 6.07. The van der Waals surface area contributed by atoms with Gasteiger partial charge >= 0.3 is 0 Å². The first kappa shape index (κ1) is 18.6. The van der Waals surface area contributed by atoms with Crippen molar-refractivity contribution in [2.75, 3.05) is 12.3 Å². The number of pyridine rings is 1. The number of rotatable bonds is 10. The van der Waals surface area contributed by atoms with E-state index in [1.807, 2.05) is 11.3 Å². The van der Waals surface area contributed by atoms with Crippen LogP contribution in [0.2, 0.25) is 0 Å². The molecular formula is C22H30N4S. The zero-order valence-electron chi connectivity index (χ0n) is 16.3. The second-order valence-corrected chi connectivity index (χ2v) is 8.82. The Morgan fingerprint density at radius 1 is 1.11 bits per heavy atom. The first-order valence-corrected chi connectivity index (χ1v) is 11.3. The lowest BCUT2D eigenvalue weighted by Crippen LogP contribution is -2.17. The van der Waals surface area contributed by atoms with Crippen LogP contribution in [-0.4, -0.2) is 22.6 Å². The Morgan fingerprint density at radius 2 is 2.00 bits per heavy atom. The van der Waals surface area contributed by atoms with E-state index in [0.717, 1.165) is 36.5 Å². The highest BCUT2D eigenvalue weighted by Gasteiger charge is 2.19. The van der Waals surface area contributed by atoms with Crippen LogP contribution in [-0.2, 0) is 12.8 Å². The molecule has 5 heteroatoms. The lowest BCUT2D eigenvalue weighted by Gasteiger charge is -2.08. The van der Waals surface area contributed by atoms with Crippen LogP contribution in [0.25, 0.3) is 21.1 Å². The number of nitrogen functional groups attached to an aromatic ring is 1.